The zero-order chi connectivity index (χ0) is 13.0. The van der Waals surface area contributed by atoms with Crippen LogP contribution in [0.5, 0.6) is 0 Å². The van der Waals surface area contributed by atoms with Crippen LogP contribution < -0.4 is 5.32 Å². The second-order valence-corrected chi connectivity index (χ2v) is 5.79. The maximum atomic E-state index is 12.1. The van der Waals surface area contributed by atoms with Gasteiger partial charge in [0.2, 0.25) is 5.91 Å². The normalized spacial score (nSPS) is 19.8. The van der Waals surface area contributed by atoms with Gasteiger partial charge >= 0.3 is 0 Å². The minimum Gasteiger partial charge on any atom is -0.341 e. The van der Waals surface area contributed by atoms with Gasteiger partial charge in [-0.3, -0.25) is 4.79 Å². The molecule has 0 aromatic carbocycles. The Morgan fingerprint density at radius 1 is 1.61 bits per heavy atom. The molecule has 1 amide bonds. The van der Waals surface area contributed by atoms with Crippen molar-refractivity contribution in [2.24, 2.45) is 0 Å². The molecule has 5 heteroatoms. The van der Waals surface area contributed by atoms with Crippen molar-refractivity contribution in [2.45, 2.75) is 39.2 Å². The summed E-state index contributed by atoms with van der Waals surface area (Å²) in [6.07, 6.45) is 2.88. The molecular weight excluding hydrogens is 246 g/mol. The number of carbonyl (C=O) groups is 1. The maximum Gasteiger partial charge on any atom is 0.239 e. The lowest BCUT2D eigenvalue weighted by atomic mass is 10.2. The van der Waals surface area contributed by atoms with Gasteiger partial charge in [0.15, 0.2) is 0 Å². The van der Waals surface area contributed by atoms with Crippen molar-refractivity contribution in [3.8, 4) is 0 Å². The van der Waals surface area contributed by atoms with E-state index in [0.717, 1.165) is 49.6 Å². The third kappa shape index (κ3) is 3.29. The van der Waals surface area contributed by atoms with Gasteiger partial charge in [-0.25, -0.2) is 4.98 Å². The van der Waals surface area contributed by atoms with Gasteiger partial charge in [-0.1, -0.05) is 6.92 Å². The number of nitrogens with one attached hydrogen (secondary N) is 1. The number of likely N-dealkylation sites (tertiary alicyclic amines) is 1. The SMILES string of the molecule is CCCNC1CCN(CCc2csc(C)n2)C1=O. The van der Waals surface area contributed by atoms with Gasteiger partial charge < -0.3 is 10.2 Å². The predicted octanol–water partition coefficient (Wildman–Crippen LogP) is 1.59. The van der Waals surface area contributed by atoms with E-state index < -0.39 is 0 Å². The highest BCUT2D eigenvalue weighted by Crippen LogP contribution is 2.13. The lowest BCUT2D eigenvalue weighted by molar-refractivity contribution is -0.129. The average molecular weight is 267 g/mol. The molecule has 1 aromatic heterocycles. The van der Waals surface area contributed by atoms with Gasteiger partial charge in [-0.05, 0) is 26.3 Å². The number of aryl methyl sites for hydroxylation is 1. The monoisotopic (exact) mass is 267 g/mol. The van der Waals surface area contributed by atoms with Gasteiger partial charge in [-0.2, -0.15) is 0 Å². The molecule has 1 unspecified atom stereocenters. The van der Waals surface area contributed by atoms with Crippen LogP contribution in [0.25, 0.3) is 0 Å². The average Bonchev–Trinajstić information content (AvgIpc) is 2.92. The fourth-order valence-corrected chi connectivity index (χ4v) is 2.89. The zero-order valence-corrected chi connectivity index (χ0v) is 11.9. The Bertz CT molecular complexity index is 405. The fraction of sp³-hybridized carbons (Fsp3) is 0.692. The van der Waals surface area contributed by atoms with Gasteiger partial charge in [-0.15, -0.1) is 11.3 Å². The van der Waals surface area contributed by atoms with Gasteiger partial charge in [0.05, 0.1) is 16.7 Å². The molecule has 2 heterocycles. The largest absolute Gasteiger partial charge is 0.341 e. The molecule has 1 fully saturated rings. The van der Waals surface area contributed by atoms with Gasteiger partial charge in [0.1, 0.15) is 0 Å². The van der Waals surface area contributed by atoms with E-state index in [1.54, 1.807) is 11.3 Å². The molecule has 1 aliphatic rings. The molecule has 18 heavy (non-hydrogen) atoms. The van der Waals surface area contributed by atoms with Gasteiger partial charge in [0, 0.05) is 24.9 Å². The molecule has 1 saturated heterocycles. The van der Waals surface area contributed by atoms with E-state index >= 15 is 0 Å². The quantitative estimate of drug-likeness (QED) is 0.851. The number of hydrogen-bond acceptors (Lipinski definition) is 4. The molecule has 0 spiro atoms. The minimum atomic E-state index is 0.0436. The van der Waals surface area contributed by atoms with Crippen molar-refractivity contribution in [2.75, 3.05) is 19.6 Å². The van der Waals surface area contributed by atoms with Crippen LogP contribution in [0.2, 0.25) is 0 Å². The summed E-state index contributed by atoms with van der Waals surface area (Å²) in [5.41, 5.74) is 1.11. The molecular formula is C13H21N3OS. The summed E-state index contributed by atoms with van der Waals surface area (Å²) in [5, 5.41) is 6.49. The zero-order valence-electron chi connectivity index (χ0n) is 11.1. The Balaban J connectivity index is 1.79. The number of thiazole rings is 1. The summed E-state index contributed by atoms with van der Waals surface area (Å²) in [5.74, 6) is 0.260. The van der Waals surface area contributed by atoms with E-state index in [4.69, 9.17) is 0 Å². The molecule has 1 atom stereocenters. The van der Waals surface area contributed by atoms with E-state index in [1.807, 2.05) is 11.8 Å². The van der Waals surface area contributed by atoms with Crippen LogP contribution in [0.4, 0.5) is 0 Å². The van der Waals surface area contributed by atoms with Crippen molar-refractivity contribution in [3.63, 3.8) is 0 Å². The molecule has 1 aliphatic heterocycles. The van der Waals surface area contributed by atoms with Crippen molar-refractivity contribution in [3.05, 3.63) is 16.1 Å². The molecule has 0 aliphatic carbocycles. The first-order valence-corrected chi connectivity index (χ1v) is 7.52. The van der Waals surface area contributed by atoms with E-state index in [-0.39, 0.29) is 11.9 Å². The van der Waals surface area contributed by atoms with Crippen molar-refractivity contribution in [1.29, 1.82) is 0 Å². The van der Waals surface area contributed by atoms with E-state index in [1.165, 1.54) is 0 Å². The first kappa shape index (κ1) is 13.5. The van der Waals surface area contributed by atoms with Gasteiger partial charge in [0.25, 0.3) is 0 Å². The molecule has 4 nitrogen and oxygen atoms in total. The second kappa shape index (κ2) is 6.29. The Labute approximate surface area is 112 Å². The summed E-state index contributed by atoms with van der Waals surface area (Å²) in [7, 11) is 0. The number of hydrogen-bond donors (Lipinski definition) is 1. The van der Waals surface area contributed by atoms with Crippen LogP contribution >= 0.6 is 11.3 Å². The third-order valence-electron chi connectivity index (χ3n) is 3.24. The maximum absolute atomic E-state index is 12.1. The van der Waals surface area contributed by atoms with Crippen molar-refractivity contribution >= 4 is 17.2 Å². The van der Waals surface area contributed by atoms with Crippen LogP contribution in [-0.4, -0.2) is 41.5 Å². The lowest BCUT2D eigenvalue weighted by Crippen LogP contribution is -2.39. The van der Waals surface area contributed by atoms with Crippen molar-refractivity contribution in [1.82, 2.24) is 15.2 Å². The first-order chi connectivity index (χ1) is 8.70. The molecule has 1 aromatic rings. The molecule has 2 rings (SSSR count). The lowest BCUT2D eigenvalue weighted by Gasteiger charge is -2.16. The van der Waals surface area contributed by atoms with Crippen molar-refractivity contribution < 1.29 is 4.79 Å². The number of nitrogens with zero attached hydrogens (tertiary/aromatic N) is 2. The smallest absolute Gasteiger partial charge is 0.239 e. The molecule has 1 N–H and O–H groups in total. The van der Waals surface area contributed by atoms with Crippen LogP contribution in [0.15, 0.2) is 5.38 Å². The van der Waals surface area contributed by atoms with Crippen LogP contribution in [-0.2, 0) is 11.2 Å². The first-order valence-electron chi connectivity index (χ1n) is 6.64. The van der Waals surface area contributed by atoms with Crippen LogP contribution in [0, 0.1) is 6.92 Å². The minimum absolute atomic E-state index is 0.0436. The standard InChI is InChI=1S/C13H21N3OS/c1-3-6-14-12-5-8-16(13(12)17)7-4-11-9-18-10(2)15-11/h9,12,14H,3-8H2,1-2H3. The Hall–Kier alpha value is -0.940. The summed E-state index contributed by atoms with van der Waals surface area (Å²) in [6.45, 7) is 6.74. The van der Waals surface area contributed by atoms with E-state index in [0.29, 0.717) is 0 Å². The summed E-state index contributed by atoms with van der Waals surface area (Å²) >= 11 is 1.67. The number of aromatic nitrogens is 1. The fourth-order valence-electron chi connectivity index (χ4n) is 2.24. The van der Waals surface area contributed by atoms with E-state index in [9.17, 15) is 4.79 Å². The summed E-state index contributed by atoms with van der Waals surface area (Å²) in [4.78, 5) is 18.5. The second-order valence-electron chi connectivity index (χ2n) is 4.73. The molecule has 0 saturated carbocycles. The summed E-state index contributed by atoms with van der Waals surface area (Å²) in [6, 6.07) is 0.0436. The Morgan fingerprint density at radius 3 is 3.11 bits per heavy atom. The highest BCUT2D eigenvalue weighted by molar-refractivity contribution is 7.09. The third-order valence-corrected chi connectivity index (χ3v) is 4.06. The number of amides is 1. The Kier molecular flexibility index (Phi) is 4.72. The molecule has 0 radical (unpaired) electrons. The molecule has 100 valence electrons. The van der Waals surface area contributed by atoms with Crippen LogP contribution in [0.3, 0.4) is 0 Å². The predicted molar refractivity (Wildman–Crippen MR) is 73.8 cm³/mol. The topological polar surface area (TPSA) is 45.2 Å². The highest BCUT2D eigenvalue weighted by Gasteiger charge is 2.30. The molecule has 0 bridgehead atoms. The Morgan fingerprint density at radius 2 is 2.44 bits per heavy atom. The highest BCUT2D eigenvalue weighted by atomic mass is 32.1. The number of carbonyl (C=O) groups excluding carboxylic acids is 1. The van der Waals surface area contributed by atoms with E-state index in [2.05, 4.69) is 22.6 Å². The number of rotatable bonds is 6. The van der Waals surface area contributed by atoms with Crippen LogP contribution in [0.1, 0.15) is 30.5 Å². The summed E-state index contributed by atoms with van der Waals surface area (Å²) < 4.78 is 0.